The van der Waals surface area contributed by atoms with E-state index in [2.05, 4.69) is 10.4 Å². The number of hydrogen-bond acceptors (Lipinski definition) is 4. The van der Waals surface area contributed by atoms with Crippen molar-refractivity contribution in [3.05, 3.63) is 18.0 Å². The molecule has 6 heteroatoms. The van der Waals surface area contributed by atoms with E-state index in [1.54, 1.807) is 18.0 Å². The van der Waals surface area contributed by atoms with E-state index in [9.17, 15) is 4.79 Å². The first-order chi connectivity index (χ1) is 9.70. The first-order valence-electron chi connectivity index (χ1n) is 7.07. The van der Waals surface area contributed by atoms with Crippen LogP contribution in [0.1, 0.15) is 31.4 Å². The molecule has 2 atom stereocenters. The van der Waals surface area contributed by atoms with Gasteiger partial charge in [0.05, 0.1) is 24.4 Å². The van der Waals surface area contributed by atoms with E-state index in [0.717, 1.165) is 25.0 Å². The van der Waals surface area contributed by atoms with Crippen LogP contribution in [0, 0.1) is 0 Å². The summed E-state index contributed by atoms with van der Waals surface area (Å²) in [6.45, 7) is 0.459. The van der Waals surface area contributed by atoms with Crippen LogP contribution in [0.4, 0.5) is 0 Å². The van der Waals surface area contributed by atoms with Gasteiger partial charge in [-0.2, -0.15) is 5.10 Å². The number of carbonyl (C=O) groups excluding carboxylic acids is 1. The molecule has 112 valence electrons. The van der Waals surface area contributed by atoms with Crippen molar-refractivity contribution in [1.82, 2.24) is 15.1 Å². The van der Waals surface area contributed by atoms with E-state index in [4.69, 9.17) is 9.47 Å². The number of rotatable bonds is 6. The van der Waals surface area contributed by atoms with Crippen LogP contribution in [0.3, 0.4) is 0 Å². The zero-order chi connectivity index (χ0) is 14.4. The number of nitrogens with one attached hydrogen (secondary N) is 1. The molecular weight excluding hydrogens is 258 g/mol. The van der Waals surface area contributed by atoms with Crippen LogP contribution in [0.2, 0.25) is 0 Å². The summed E-state index contributed by atoms with van der Waals surface area (Å²) in [5.41, 5.74) is 0.949. The molecule has 1 aliphatic rings. The number of amides is 1. The van der Waals surface area contributed by atoms with Crippen molar-refractivity contribution in [3.63, 3.8) is 0 Å². The van der Waals surface area contributed by atoms with Crippen molar-refractivity contribution in [2.24, 2.45) is 7.05 Å². The Bertz CT molecular complexity index is 433. The van der Waals surface area contributed by atoms with Crippen LogP contribution in [0.15, 0.2) is 12.3 Å². The lowest BCUT2D eigenvalue weighted by atomic mass is 9.92. The van der Waals surface area contributed by atoms with E-state index in [0.29, 0.717) is 6.61 Å². The zero-order valence-electron chi connectivity index (χ0n) is 12.2. The Morgan fingerprint density at radius 1 is 1.50 bits per heavy atom. The monoisotopic (exact) mass is 281 g/mol. The summed E-state index contributed by atoms with van der Waals surface area (Å²) in [6, 6.07) is 1.99. The van der Waals surface area contributed by atoms with Crippen molar-refractivity contribution >= 4 is 5.91 Å². The molecule has 0 bridgehead atoms. The van der Waals surface area contributed by atoms with Crippen molar-refractivity contribution in [3.8, 4) is 0 Å². The van der Waals surface area contributed by atoms with E-state index >= 15 is 0 Å². The van der Waals surface area contributed by atoms with Crippen molar-refractivity contribution < 1.29 is 14.3 Å². The fraction of sp³-hybridized carbons (Fsp3) is 0.714. The Kier molecular flexibility index (Phi) is 5.55. The van der Waals surface area contributed by atoms with Gasteiger partial charge in [-0.3, -0.25) is 9.48 Å². The molecule has 0 saturated heterocycles. The quantitative estimate of drug-likeness (QED) is 0.845. The van der Waals surface area contributed by atoms with Gasteiger partial charge in [-0.15, -0.1) is 0 Å². The molecule has 1 aromatic rings. The van der Waals surface area contributed by atoms with Crippen LogP contribution >= 0.6 is 0 Å². The fourth-order valence-electron chi connectivity index (χ4n) is 2.58. The number of carbonyl (C=O) groups is 1. The zero-order valence-corrected chi connectivity index (χ0v) is 12.2. The van der Waals surface area contributed by atoms with E-state index in [-0.39, 0.29) is 24.7 Å². The molecule has 1 aromatic heterocycles. The van der Waals surface area contributed by atoms with Gasteiger partial charge in [0.15, 0.2) is 0 Å². The molecular formula is C14H23N3O3. The second-order valence-electron chi connectivity index (χ2n) is 5.17. The molecule has 1 saturated carbocycles. The average Bonchev–Trinajstić information content (AvgIpc) is 2.85. The predicted molar refractivity (Wildman–Crippen MR) is 74.1 cm³/mol. The third-order valence-electron chi connectivity index (χ3n) is 3.76. The van der Waals surface area contributed by atoms with E-state index in [1.165, 1.54) is 6.42 Å². The van der Waals surface area contributed by atoms with Crippen molar-refractivity contribution in [2.45, 2.75) is 44.4 Å². The topological polar surface area (TPSA) is 65.4 Å². The van der Waals surface area contributed by atoms with Gasteiger partial charge in [0.2, 0.25) is 5.91 Å². The van der Waals surface area contributed by atoms with Crippen LogP contribution in [0.5, 0.6) is 0 Å². The lowest BCUT2D eigenvalue weighted by molar-refractivity contribution is -0.128. The van der Waals surface area contributed by atoms with Crippen LogP contribution in [-0.4, -0.2) is 41.6 Å². The van der Waals surface area contributed by atoms with Gasteiger partial charge in [-0.1, -0.05) is 12.8 Å². The first-order valence-corrected chi connectivity index (χ1v) is 7.07. The molecule has 0 spiro atoms. The molecule has 2 rings (SSSR count). The SMILES string of the molecule is CO[C@@H]1CCCC[C@@H]1NC(=O)COCc1ccnn1C. The maximum Gasteiger partial charge on any atom is 0.246 e. The third-order valence-corrected chi connectivity index (χ3v) is 3.76. The second kappa shape index (κ2) is 7.40. The number of aromatic nitrogens is 2. The molecule has 20 heavy (non-hydrogen) atoms. The summed E-state index contributed by atoms with van der Waals surface area (Å²) in [7, 11) is 3.55. The smallest absolute Gasteiger partial charge is 0.246 e. The van der Waals surface area contributed by atoms with Gasteiger partial charge in [0.25, 0.3) is 0 Å². The van der Waals surface area contributed by atoms with Crippen LogP contribution < -0.4 is 5.32 Å². The maximum absolute atomic E-state index is 11.9. The van der Waals surface area contributed by atoms with Gasteiger partial charge >= 0.3 is 0 Å². The summed E-state index contributed by atoms with van der Waals surface area (Å²) >= 11 is 0. The number of hydrogen-bond donors (Lipinski definition) is 1. The van der Waals surface area contributed by atoms with Crippen LogP contribution in [-0.2, 0) is 27.9 Å². The molecule has 6 nitrogen and oxygen atoms in total. The standard InChI is InChI=1S/C14H23N3O3/c1-17-11(7-8-15-17)9-20-10-14(18)16-12-5-3-4-6-13(12)19-2/h7-8,12-13H,3-6,9-10H2,1-2H3,(H,16,18)/t12-,13+/m0/s1. The molecule has 1 heterocycles. The number of aryl methyl sites for hydroxylation is 1. The fourth-order valence-corrected chi connectivity index (χ4v) is 2.58. The van der Waals surface area contributed by atoms with Gasteiger partial charge in [0, 0.05) is 20.4 Å². The maximum atomic E-state index is 11.9. The first kappa shape index (κ1) is 15.0. The summed E-state index contributed by atoms with van der Waals surface area (Å²) in [5, 5.41) is 7.05. The number of nitrogens with zero attached hydrogens (tertiary/aromatic N) is 2. The minimum Gasteiger partial charge on any atom is -0.379 e. The molecule has 1 amide bonds. The largest absolute Gasteiger partial charge is 0.379 e. The van der Waals surface area contributed by atoms with E-state index in [1.807, 2.05) is 13.1 Å². The highest BCUT2D eigenvalue weighted by molar-refractivity contribution is 5.77. The molecule has 0 unspecified atom stereocenters. The Morgan fingerprint density at radius 2 is 2.30 bits per heavy atom. The Balaban J connectivity index is 1.71. The molecule has 0 radical (unpaired) electrons. The minimum atomic E-state index is -0.0823. The normalized spacial score (nSPS) is 22.7. The molecule has 1 aliphatic carbocycles. The Morgan fingerprint density at radius 3 is 3.00 bits per heavy atom. The highest BCUT2D eigenvalue weighted by Gasteiger charge is 2.26. The summed E-state index contributed by atoms with van der Waals surface area (Å²) < 4.78 is 12.6. The average molecular weight is 281 g/mol. The van der Waals surface area contributed by atoms with Gasteiger partial charge < -0.3 is 14.8 Å². The third kappa shape index (κ3) is 4.05. The van der Waals surface area contributed by atoms with Crippen LogP contribution in [0.25, 0.3) is 0 Å². The minimum absolute atomic E-state index is 0.0676. The lowest BCUT2D eigenvalue weighted by Gasteiger charge is -2.30. The molecule has 1 fully saturated rings. The molecule has 0 aromatic carbocycles. The summed E-state index contributed by atoms with van der Waals surface area (Å²) in [6.07, 6.45) is 6.14. The van der Waals surface area contributed by atoms with Gasteiger partial charge in [-0.05, 0) is 18.9 Å². The number of methoxy groups -OCH3 is 1. The summed E-state index contributed by atoms with van der Waals surface area (Å²) in [5.74, 6) is -0.0823. The predicted octanol–water partition coefficient (Wildman–Crippen LogP) is 1.01. The Hall–Kier alpha value is -1.40. The molecule has 1 N–H and O–H groups in total. The van der Waals surface area contributed by atoms with Crippen molar-refractivity contribution in [2.75, 3.05) is 13.7 Å². The molecule has 0 aliphatic heterocycles. The number of ether oxygens (including phenoxy) is 2. The highest BCUT2D eigenvalue weighted by atomic mass is 16.5. The van der Waals surface area contributed by atoms with Crippen molar-refractivity contribution in [1.29, 1.82) is 0 Å². The van der Waals surface area contributed by atoms with E-state index < -0.39 is 0 Å². The lowest BCUT2D eigenvalue weighted by Crippen LogP contribution is -2.47. The summed E-state index contributed by atoms with van der Waals surface area (Å²) in [4.78, 5) is 11.9. The highest BCUT2D eigenvalue weighted by Crippen LogP contribution is 2.20. The Labute approximate surface area is 119 Å². The van der Waals surface area contributed by atoms with Gasteiger partial charge in [0.1, 0.15) is 6.61 Å². The second-order valence-corrected chi connectivity index (χ2v) is 5.17. The van der Waals surface area contributed by atoms with Gasteiger partial charge in [-0.25, -0.2) is 0 Å².